The van der Waals surface area contributed by atoms with Gasteiger partial charge in [0.05, 0.1) is 6.10 Å². The second kappa shape index (κ2) is 6.16. The predicted molar refractivity (Wildman–Crippen MR) is 87.6 cm³/mol. The Kier molecular flexibility index (Phi) is 4.27. The fourth-order valence-corrected chi connectivity index (χ4v) is 3.42. The van der Waals surface area contributed by atoms with Crippen molar-refractivity contribution in [2.24, 2.45) is 0 Å². The van der Waals surface area contributed by atoms with Crippen molar-refractivity contribution in [1.82, 2.24) is 4.90 Å². The second-order valence-corrected chi connectivity index (χ2v) is 6.22. The molecule has 1 fully saturated rings. The number of halogens is 1. The van der Waals surface area contributed by atoms with E-state index in [0.29, 0.717) is 0 Å². The number of likely N-dealkylation sites (tertiary alicyclic amines) is 1. The van der Waals surface area contributed by atoms with Crippen molar-refractivity contribution in [3.05, 3.63) is 46.4 Å². The van der Waals surface area contributed by atoms with Gasteiger partial charge in [0, 0.05) is 30.2 Å². The van der Waals surface area contributed by atoms with Gasteiger partial charge in [-0.25, -0.2) is 0 Å². The molecule has 1 aliphatic heterocycles. The Bertz CT molecular complexity index is 663. The van der Waals surface area contributed by atoms with Gasteiger partial charge in [-0.05, 0) is 35.7 Å². The van der Waals surface area contributed by atoms with Crippen LogP contribution in [0.15, 0.2) is 40.9 Å². The molecular weight excluding hydrogens is 330 g/mol. The van der Waals surface area contributed by atoms with Crippen molar-refractivity contribution >= 4 is 32.6 Å². The lowest BCUT2D eigenvalue weighted by atomic mass is 10.0. The molecule has 1 aliphatic rings. The van der Waals surface area contributed by atoms with Crippen molar-refractivity contribution < 1.29 is 9.53 Å². The number of hydrogen-bond donors (Lipinski definition) is 0. The summed E-state index contributed by atoms with van der Waals surface area (Å²) < 4.78 is 6.39. The molecule has 3 nitrogen and oxygen atoms in total. The quantitative estimate of drug-likeness (QED) is 0.825. The van der Waals surface area contributed by atoms with E-state index in [1.54, 1.807) is 7.11 Å². The van der Waals surface area contributed by atoms with Gasteiger partial charge in [0.2, 0.25) is 0 Å². The summed E-state index contributed by atoms with van der Waals surface area (Å²) in [6.07, 6.45) is 2.11. The Morgan fingerprint density at radius 2 is 1.81 bits per heavy atom. The average Bonchev–Trinajstić information content (AvgIpc) is 2.54. The fraction of sp³-hybridized carbons (Fsp3) is 0.353. The maximum Gasteiger partial charge on any atom is 0.254 e. The molecule has 0 bridgehead atoms. The van der Waals surface area contributed by atoms with Crippen LogP contribution in [0.2, 0.25) is 0 Å². The van der Waals surface area contributed by atoms with Gasteiger partial charge in [-0.15, -0.1) is 0 Å². The number of carbonyl (C=O) groups excluding carboxylic acids is 1. The maximum absolute atomic E-state index is 12.8. The van der Waals surface area contributed by atoms with Crippen LogP contribution < -0.4 is 0 Å². The third-order valence-electron chi connectivity index (χ3n) is 4.16. The van der Waals surface area contributed by atoms with E-state index < -0.39 is 0 Å². The van der Waals surface area contributed by atoms with E-state index in [1.165, 1.54) is 0 Å². The van der Waals surface area contributed by atoms with Crippen LogP contribution in [0, 0.1) is 0 Å². The minimum atomic E-state index is 0.119. The minimum absolute atomic E-state index is 0.119. The standard InChI is InChI=1S/C17H18BrNO2/c1-21-12-8-10-19(11-9-12)17(20)15-6-2-5-14-13(15)4-3-7-16(14)18/h2-7,12H,8-11H2,1H3. The minimum Gasteiger partial charge on any atom is -0.381 e. The maximum atomic E-state index is 12.8. The highest BCUT2D eigenvalue weighted by molar-refractivity contribution is 9.10. The van der Waals surface area contributed by atoms with Crippen LogP contribution in [0.3, 0.4) is 0 Å². The van der Waals surface area contributed by atoms with E-state index in [4.69, 9.17) is 4.74 Å². The molecule has 1 amide bonds. The van der Waals surface area contributed by atoms with Crippen LogP contribution >= 0.6 is 15.9 Å². The molecule has 0 unspecified atom stereocenters. The number of amides is 1. The summed E-state index contributed by atoms with van der Waals surface area (Å²) in [6.45, 7) is 1.53. The average molecular weight is 348 g/mol. The van der Waals surface area contributed by atoms with Crippen molar-refractivity contribution in [1.29, 1.82) is 0 Å². The Hall–Kier alpha value is -1.39. The smallest absolute Gasteiger partial charge is 0.254 e. The first kappa shape index (κ1) is 14.5. The molecule has 0 saturated carbocycles. The number of benzene rings is 2. The summed E-state index contributed by atoms with van der Waals surface area (Å²) in [6, 6.07) is 11.9. The number of hydrogen-bond acceptors (Lipinski definition) is 2. The molecule has 0 atom stereocenters. The zero-order chi connectivity index (χ0) is 14.8. The van der Waals surface area contributed by atoms with Crippen LogP contribution in [0.1, 0.15) is 23.2 Å². The highest BCUT2D eigenvalue weighted by Gasteiger charge is 2.24. The SMILES string of the molecule is COC1CCN(C(=O)c2cccc3c(Br)cccc23)CC1. The lowest BCUT2D eigenvalue weighted by Crippen LogP contribution is -2.40. The van der Waals surface area contributed by atoms with Gasteiger partial charge >= 0.3 is 0 Å². The van der Waals surface area contributed by atoms with Gasteiger partial charge in [-0.1, -0.05) is 40.2 Å². The van der Waals surface area contributed by atoms with E-state index in [2.05, 4.69) is 15.9 Å². The van der Waals surface area contributed by atoms with Gasteiger partial charge < -0.3 is 9.64 Å². The number of piperidine rings is 1. The van der Waals surface area contributed by atoms with Gasteiger partial charge in [0.1, 0.15) is 0 Å². The molecule has 0 N–H and O–H groups in total. The van der Waals surface area contributed by atoms with E-state index in [1.807, 2.05) is 41.3 Å². The van der Waals surface area contributed by atoms with Crippen molar-refractivity contribution in [2.45, 2.75) is 18.9 Å². The van der Waals surface area contributed by atoms with Crippen LogP contribution in [0.25, 0.3) is 10.8 Å². The first-order chi connectivity index (χ1) is 10.2. The molecule has 1 heterocycles. The number of ether oxygens (including phenoxy) is 1. The first-order valence-corrected chi connectivity index (χ1v) is 7.99. The zero-order valence-corrected chi connectivity index (χ0v) is 13.6. The Morgan fingerprint density at radius 3 is 2.52 bits per heavy atom. The van der Waals surface area contributed by atoms with Crippen LogP contribution in [-0.4, -0.2) is 37.1 Å². The normalized spacial score (nSPS) is 16.4. The van der Waals surface area contributed by atoms with Gasteiger partial charge in [-0.2, -0.15) is 0 Å². The number of nitrogens with zero attached hydrogens (tertiary/aromatic N) is 1. The van der Waals surface area contributed by atoms with Crippen molar-refractivity contribution in [2.75, 3.05) is 20.2 Å². The number of rotatable bonds is 2. The fourth-order valence-electron chi connectivity index (χ4n) is 2.92. The lowest BCUT2D eigenvalue weighted by Gasteiger charge is -2.31. The van der Waals surface area contributed by atoms with Crippen LogP contribution in [-0.2, 0) is 4.74 Å². The third-order valence-corrected chi connectivity index (χ3v) is 4.85. The Morgan fingerprint density at radius 1 is 1.14 bits per heavy atom. The molecule has 3 rings (SSSR count). The lowest BCUT2D eigenvalue weighted by molar-refractivity contribution is 0.0352. The summed E-state index contributed by atoms with van der Waals surface area (Å²) in [4.78, 5) is 14.7. The van der Waals surface area contributed by atoms with E-state index >= 15 is 0 Å². The Balaban J connectivity index is 1.90. The highest BCUT2D eigenvalue weighted by atomic mass is 79.9. The summed E-state index contributed by atoms with van der Waals surface area (Å²) >= 11 is 3.55. The third kappa shape index (κ3) is 2.83. The van der Waals surface area contributed by atoms with E-state index in [9.17, 15) is 4.79 Å². The molecule has 110 valence electrons. The molecule has 2 aromatic rings. The van der Waals surface area contributed by atoms with Crippen LogP contribution in [0.4, 0.5) is 0 Å². The van der Waals surface area contributed by atoms with Gasteiger partial charge in [0.25, 0.3) is 5.91 Å². The highest BCUT2D eigenvalue weighted by Crippen LogP contribution is 2.27. The molecule has 1 saturated heterocycles. The molecule has 0 aromatic heterocycles. The van der Waals surface area contributed by atoms with Gasteiger partial charge in [0.15, 0.2) is 0 Å². The topological polar surface area (TPSA) is 29.5 Å². The zero-order valence-electron chi connectivity index (χ0n) is 12.0. The predicted octanol–water partition coefficient (Wildman–Crippen LogP) is 3.85. The molecule has 0 spiro atoms. The van der Waals surface area contributed by atoms with Crippen molar-refractivity contribution in [3.8, 4) is 0 Å². The molecule has 0 aliphatic carbocycles. The first-order valence-electron chi connectivity index (χ1n) is 7.20. The Labute approximate surface area is 133 Å². The molecule has 0 radical (unpaired) electrons. The monoisotopic (exact) mass is 347 g/mol. The summed E-state index contributed by atoms with van der Waals surface area (Å²) in [5.74, 6) is 0.119. The number of fused-ring (bicyclic) bond motifs is 1. The van der Waals surface area contributed by atoms with E-state index in [0.717, 1.165) is 46.7 Å². The van der Waals surface area contributed by atoms with Crippen LogP contribution in [0.5, 0.6) is 0 Å². The number of methoxy groups -OCH3 is 1. The molecule has 21 heavy (non-hydrogen) atoms. The summed E-state index contributed by atoms with van der Waals surface area (Å²) in [5.41, 5.74) is 0.782. The second-order valence-electron chi connectivity index (χ2n) is 5.37. The largest absolute Gasteiger partial charge is 0.381 e. The summed E-state index contributed by atoms with van der Waals surface area (Å²) in [5, 5.41) is 2.08. The summed E-state index contributed by atoms with van der Waals surface area (Å²) in [7, 11) is 1.74. The molecule has 4 heteroatoms. The molecular formula is C17H18BrNO2. The van der Waals surface area contributed by atoms with Gasteiger partial charge in [-0.3, -0.25) is 4.79 Å². The molecule has 2 aromatic carbocycles. The van der Waals surface area contributed by atoms with E-state index in [-0.39, 0.29) is 12.0 Å². The van der Waals surface area contributed by atoms with Crippen molar-refractivity contribution in [3.63, 3.8) is 0 Å². The number of carbonyl (C=O) groups is 1.